The number of halogens is 1. The predicted molar refractivity (Wildman–Crippen MR) is 64.1 cm³/mol. The molecule has 4 nitrogen and oxygen atoms in total. The molecule has 0 aliphatic rings. The van der Waals surface area contributed by atoms with E-state index in [0.717, 1.165) is 29.2 Å². The fraction of sp³-hybridized carbons (Fsp3) is 0.600. The number of aromatic nitrogens is 2. The summed E-state index contributed by atoms with van der Waals surface area (Å²) in [4.78, 5) is 10.7. The second-order valence-electron chi connectivity index (χ2n) is 3.12. The van der Waals surface area contributed by atoms with Gasteiger partial charge in [0.1, 0.15) is 16.2 Å². The van der Waals surface area contributed by atoms with E-state index >= 15 is 0 Å². The average molecular weight is 274 g/mol. The quantitative estimate of drug-likeness (QED) is 0.829. The Morgan fingerprint density at radius 2 is 2.13 bits per heavy atom. The number of rotatable bonds is 5. The molecule has 15 heavy (non-hydrogen) atoms. The van der Waals surface area contributed by atoms with Gasteiger partial charge in [0.2, 0.25) is 0 Å². The number of nitrogens with zero attached hydrogens (tertiary/aromatic N) is 3. The summed E-state index contributed by atoms with van der Waals surface area (Å²) >= 11 is 3.36. The topological polar surface area (TPSA) is 49.2 Å². The molecule has 1 N–H and O–H groups in total. The van der Waals surface area contributed by atoms with Crippen molar-refractivity contribution in [1.82, 2.24) is 9.97 Å². The summed E-state index contributed by atoms with van der Waals surface area (Å²) in [6, 6.07) is 1.87. The molecule has 0 radical (unpaired) electrons. The smallest absolute Gasteiger partial charge is 0.133 e. The van der Waals surface area contributed by atoms with E-state index in [4.69, 9.17) is 5.11 Å². The third-order valence-electron chi connectivity index (χ3n) is 2.12. The zero-order valence-corrected chi connectivity index (χ0v) is 10.7. The van der Waals surface area contributed by atoms with Gasteiger partial charge in [-0.1, -0.05) is 6.92 Å². The minimum atomic E-state index is 0.136. The fourth-order valence-corrected chi connectivity index (χ4v) is 1.74. The molecule has 0 atom stereocenters. The van der Waals surface area contributed by atoms with Crippen molar-refractivity contribution in [1.29, 1.82) is 0 Å². The van der Waals surface area contributed by atoms with Gasteiger partial charge in [-0.15, -0.1) is 0 Å². The molecule has 1 aromatic heterocycles. The van der Waals surface area contributed by atoms with E-state index in [1.165, 1.54) is 0 Å². The molecule has 0 spiro atoms. The SMILES string of the molecule is CCc1nc(Br)cc(N(CC)CCO)n1. The van der Waals surface area contributed by atoms with Crippen molar-refractivity contribution in [3.8, 4) is 0 Å². The number of aryl methyl sites for hydroxylation is 1. The summed E-state index contributed by atoms with van der Waals surface area (Å²) < 4.78 is 0.792. The molecule has 0 saturated heterocycles. The summed E-state index contributed by atoms with van der Waals surface area (Å²) in [5.74, 6) is 1.68. The zero-order chi connectivity index (χ0) is 11.3. The minimum absolute atomic E-state index is 0.136. The molecule has 1 rings (SSSR count). The third-order valence-corrected chi connectivity index (χ3v) is 2.53. The van der Waals surface area contributed by atoms with Crippen LogP contribution in [-0.4, -0.2) is 34.8 Å². The van der Waals surface area contributed by atoms with Crippen LogP contribution in [0.1, 0.15) is 19.7 Å². The van der Waals surface area contributed by atoms with Gasteiger partial charge >= 0.3 is 0 Å². The van der Waals surface area contributed by atoms with Crippen LogP contribution in [-0.2, 0) is 6.42 Å². The van der Waals surface area contributed by atoms with Gasteiger partial charge in [0.25, 0.3) is 0 Å². The number of anilines is 1. The maximum Gasteiger partial charge on any atom is 0.133 e. The number of aliphatic hydroxyl groups excluding tert-OH is 1. The van der Waals surface area contributed by atoms with Gasteiger partial charge in [-0.25, -0.2) is 9.97 Å². The van der Waals surface area contributed by atoms with Crippen molar-refractivity contribution in [2.75, 3.05) is 24.6 Å². The number of likely N-dealkylation sites (N-methyl/N-ethyl adjacent to an activating group) is 1. The fourth-order valence-electron chi connectivity index (χ4n) is 1.33. The van der Waals surface area contributed by atoms with Crippen molar-refractivity contribution in [2.45, 2.75) is 20.3 Å². The van der Waals surface area contributed by atoms with Crippen molar-refractivity contribution >= 4 is 21.7 Å². The first-order chi connectivity index (χ1) is 7.21. The van der Waals surface area contributed by atoms with E-state index in [1.807, 2.05) is 24.8 Å². The van der Waals surface area contributed by atoms with Gasteiger partial charge < -0.3 is 10.0 Å². The first-order valence-electron chi connectivity index (χ1n) is 5.10. The van der Waals surface area contributed by atoms with E-state index in [-0.39, 0.29) is 6.61 Å². The summed E-state index contributed by atoms with van der Waals surface area (Å²) in [5, 5.41) is 8.93. The molecule has 5 heteroatoms. The van der Waals surface area contributed by atoms with Crippen molar-refractivity contribution in [3.05, 3.63) is 16.5 Å². The molecule has 0 bridgehead atoms. The Morgan fingerprint density at radius 3 is 2.67 bits per heavy atom. The Bertz CT molecular complexity index is 320. The Balaban J connectivity index is 2.95. The molecule has 84 valence electrons. The van der Waals surface area contributed by atoms with Crippen LogP contribution in [0.2, 0.25) is 0 Å². The van der Waals surface area contributed by atoms with Crippen LogP contribution < -0.4 is 4.90 Å². The van der Waals surface area contributed by atoms with Crippen LogP contribution in [0.3, 0.4) is 0 Å². The summed E-state index contributed by atoms with van der Waals surface area (Å²) in [6.45, 7) is 5.62. The highest BCUT2D eigenvalue weighted by atomic mass is 79.9. The monoisotopic (exact) mass is 273 g/mol. The van der Waals surface area contributed by atoms with E-state index in [9.17, 15) is 0 Å². The summed E-state index contributed by atoms with van der Waals surface area (Å²) in [7, 11) is 0. The van der Waals surface area contributed by atoms with Crippen LogP contribution in [0.5, 0.6) is 0 Å². The molecular formula is C10H16BrN3O. The van der Waals surface area contributed by atoms with E-state index in [0.29, 0.717) is 6.54 Å². The highest BCUT2D eigenvalue weighted by molar-refractivity contribution is 9.10. The van der Waals surface area contributed by atoms with E-state index < -0.39 is 0 Å². The van der Waals surface area contributed by atoms with Gasteiger partial charge in [0.15, 0.2) is 0 Å². The summed E-state index contributed by atoms with van der Waals surface area (Å²) in [6.07, 6.45) is 0.809. The van der Waals surface area contributed by atoms with Gasteiger partial charge in [-0.05, 0) is 22.9 Å². The van der Waals surface area contributed by atoms with E-state index in [1.54, 1.807) is 0 Å². The highest BCUT2D eigenvalue weighted by Crippen LogP contribution is 2.16. The number of hydrogen-bond acceptors (Lipinski definition) is 4. The molecule has 0 fully saturated rings. The number of hydrogen-bond donors (Lipinski definition) is 1. The second-order valence-corrected chi connectivity index (χ2v) is 3.93. The molecule has 0 unspecified atom stereocenters. The standard InChI is InChI=1S/C10H16BrN3O/c1-3-9-12-8(11)7-10(13-9)14(4-2)5-6-15/h7,15H,3-6H2,1-2H3. The van der Waals surface area contributed by atoms with Crippen molar-refractivity contribution < 1.29 is 5.11 Å². The van der Waals surface area contributed by atoms with E-state index in [2.05, 4.69) is 25.9 Å². The molecule has 1 heterocycles. The second kappa shape index (κ2) is 6.02. The molecule has 0 saturated carbocycles. The van der Waals surface area contributed by atoms with Crippen LogP contribution >= 0.6 is 15.9 Å². The molecule has 0 aliphatic heterocycles. The maximum atomic E-state index is 8.93. The lowest BCUT2D eigenvalue weighted by molar-refractivity contribution is 0.302. The van der Waals surface area contributed by atoms with Gasteiger partial charge in [0, 0.05) is 25.6 Å². The highest BCUT2D eigenvalue weighted by Gasteiger charge is 2.07. The van der Waals surface area contributed by atoms with Crippen LogP contribution in [0, 0.1) is 0 Å². The number of aliphatic hydroxyl groups is 1. The lowest BCUT2D eigenvalue weighted by Crippen LogP contribution is -2.27. The molecule has 1 aromatic rings. The Labute approximate surface area is 98.5 Å². The van der Waals surface area contributed by atoms with Crippen LogP contribution in [0.15, 0.2) is 10.7 Å². The minimum Gasteiger partial charge on any atom is -0.395 e. The lowest BCUT2D eigenvalue weighted by atomic mass is 10.4. The van der Waals surface area contributed by atoms with Gasteiger partial charge in [-0.2, -0.15) is 0 Å². The molecule has 0 aromatic carbocycles. The Hall–Kier alpha value is -0.680. The molecular weight excluding hydrogens is 258 g/mol. The van der Waals surface area contributed by atoms with Crippen LogP contribution in [0.25, 0.3) is 0 Å². The lowest BCUT2D eigenvalue weighted by Gasteiger charge is -2.21. The zero-order valence-electron chi connectivity index (χ0n) is 9.07. The van der Waals surface area contributed by atoms with Gasteiger partial charge in [-0.3, -0.25) is 0 Å². The van der Waals surface area contributed by atoms with Crippen LogP contribution in [0.4, 0.5) is 5.82 Å². The largest absolute Gasteiger partial charge is 0.395 e. The Kier molecular flexibility index (Phi) is 4.98. The first kappa shape index (κ1) is 12.4. The first-order valence-corrected chi connectivity index (χ1v) is 5.89. The molecule has 0 aliphatic carbocycles. The normalized spacial score (nSPS) is 10.4. The predicted octanol–water partition coefficient (Wildman–Crippen LogP) is 1.62. The summed E-state index contributed by atoms with van der Waals surface area (Å²) in [5.41, 5.74) is 0. The maximum absolute atomic E-state index is 8.93. The van der Waals surface area contributed by atoms with Crippen molar-refractivity contribution in [3.63, 3.8) is 0 Å². The Morgan fingerprint density at radius 1 is 1.40 bits per heavy atom. The van der Waals surface area contributed by atoms with Gasteiger partial charge in [0.05, 0.1) is 6.61 Å². The molecule has 0 amide bonds. The average Bonchev–Trinajstić information content (AvgIpc) is 2.24. The van der Waals surface area contributed by atoms with Crippen molar-refractivity contribution in [2.24, 2.45) is 0 Å². The third kappa shape index (κ3) is 3.43.